The van der Waals surface area contributed by atoms with Crippen LogP contribution in [0.25, 0.3) is 10.9 Å². The highest BCUT2D eigenvalue weighted by atomic mass is 35.5. The van der Waals surface area contributed by atoms with Crippen molar-refractivity contribution in [2.24, 2.45) is 5.92 Å². The van der Waals surface area contributed by atoms with Crippen molar-refractivity contribution in [2.45, 2.75) is 26.2 Å². The summed E-state index contributed by atoms with van der Waals surface area (Å²) >= 11 is 6.46. The van der Waals surface area contributed by atoms with Crippen molar-refractivity contribution in [3.8, 4) is 5.75 Å². The van der Waals surface area contributed by atoms with Gasteiger partial charge < -0.3 is 9.64 Å². The smallest absolute Gasteiger partial charge is 0.119 e. The average Bonchev–Trinajstić information content (AvgIpc) is 2.54. The number of fused-ring (bicyclic) bond motifs is 1. The minimum atomic E-state index is 0.728. The summed E-state index contributed by atoms with van der Waals surface area (Å²) in [5.74, 6) is 1.69. The molecule has 0 saturated carbocycles. The van der Waals surface area contributed by atoms with Crippen LogP contribution in [0.2, 0.25) is 5.02 Å². The number of ether oxygens (including phenoxy) is 1. The van der Waals surface area contributed by atoms with E-state index in [9.17, 15) is 0 Å². The first kappa shape index (κ1) is 14.5. The Labute approximate surface area is 130 Å². The summed E-state index contributed by atoms with van der Waals surface area (Å²) in [6.45, 7) is 4.41. The van der Waals surface area contributed by atoms with Gasteiger partial charge in [0.15, 0.2) is 0 Å². The molecule has 0 unspecified atom stereocenters. The number of benzene rings is 1. The molecular weight excluding hydrogens is 284 g/mol. The maximum Gasteiger partial charge on any atom is 0.119 e. The molecule has 0 aliphatic carbocycles. The number of halogens is 1. The first-order valence-electron chi connectivity index (χ1n) is 7.60. The number of piperidine rings is 1. The molecule has 0 spiro atoms. The SMILES string of the molecule is CCC1CCN(c2c(Cl)cnc3ccc(OC)cc23)CC1. The lowest BCUT2D eigenvalue weighted by molar-refractivity contribution is 0.395. The quantitative estimate of drug-likeness (QED) is 0.833. The zero-order valence-corrected chi connectivity index (χ0v) is 13.4. The Kier molecular flexibility index (Phi) is 4.20. The lowest BCUT2D eigenvalue weighted by Gasteiger charge is -2.34. The Hall–Kier alpha value is -1.48. The number of anilines is 1. The van der Waals surface area contributed by atoms with Gasteiger partial charge >= 0.3 is 0 Å². The van der Waals surface area contributed by atoms with Gasteiger partial charge in [0, 0.05) is 24.7 Å². The Morgan fingerprint density at radius 1 is 1.33 bits per heavy atom. The zero-order chi connectivity index (χ0) is 14.8. The van der Waals surface area contributed by atoms with Crippen molar-refractivity contribution in [1.82, 2.24) is 4.98 Å². The highest BCUT2D eigenvalue weighted by Gasteiger charge is 2.21. The van der Waals surface area contributed by atoms with E-state index in [0.717, 1.165) is 46.4 Å². The van der Waals surface area contributed by atoms with Crippen LogP contribution in [-0.4, -0.2) is 25.2 Å². The van der Waals surface area contributed by atoms with E-state index in [4.69, 9.17) is 16.3 Å². The van der Waals surface area contributed by atoms with Crippen LogP contribution >= 0.6 is 11.6 Å². The van der Waals surface area contributed by atoms with Gasteiger partial charge in [-0.15, -0.1) is 0 Å². The summed E-state index contributed by atoms with van der Waals surface area (Å²) in [5.41, 5.74) is 2.07. The molecule has 0 radical (unpaired) electrons. The fourth-order valence-corrected chi connectivity index (χ4v) is 3.42. The molecular formula is C17H21ClN2O. The molecule has 2 aromatic rings. The number of nitrogens with zero attached hydrogens (tertiary/aromatic N) is 2. The molecule has 21 heavy (non-hydrogen) atoms. The summed E-state index contributed by atoms with van der Waals surface area (Å²) in [6.07, 6.45) is 5.51. The average molecular weight is 305 g/mol. The molecule has 1 saturated heterocycles. The molecule has 1 aliphatic heterocycles. The third kappa shape index (κ3) is 2.80. The van der Waals surface area contributed by atoms with E-state index < -0.39 is 0 Å². The number of methoxy groups -OCH3 is 1. The van der Waals surface area contributed by atoms with Crippen molar-refractivity contribution in [3.05, 3.63) is 29.4 Å². The predicted molar refractivity (Wildman–Crippen MR) is 88.5 cm³/mol. The number of rotatable bonds is 3. The van der Waals surface area contributed by atoms with Gasteiger partial charge in [-0.25, -0.2) is 0 Å². The van der Waals surface area contributed by atoms with Gasteiger partial charge in [0.1, 0.15) is 5.75 Å². The van der Waals surface area contributed by atoms with Gasteiger partial charge in [-0.05, 0) is 37.0 Å². The molecule has 112 valence electrons. The third-order valence-electron chi connectivity index (χ3n) is 4.51. The standard InChI is InChI=1S/C17H21ClN2O/c1-3-12-6-8-20(9-7-12)17-14-10-13(21-2)4-5-16(14)19-11-15(17)18/h4-5,10-12H,3,6-9H2,1-2H3. The largest absolute Gasteiger partial charge is 0.497 e. The van der Waals surface area contributed by atoms with E-state index in [1.165, 1.54) is 19.3 Å². The molecule has 0 N–H and O–H groups in total. The Morgan fingerprint density at radius 2 is 2.10 bits per heavy atom. The molecule has 0 atom stereocenters. The van der Waals surface area contributed by atoms with Gasteiger partial charge in [-0.3, -0.25) is 4.98 Å². The van der Waals surface area contributed by atoms with E-state index in [1.807, 2.05) is 18.2 Å². The van der Waals surface area contributed by atoms with Crippen molar-refractivity contribution in [1.29, 1.82) is 0 Å². The molecule has 1 fully saturated rings. The van der Waals surface area contributed by atoms with Gasteiger partial charge in [-0.2, -0.15) is 0 Å². The number of pyridine rings is 1. The first-order valence-corrected chi connectivity index (χ1v) is 7.98. The van der Waals surface area contributed by atoms with E-state index >= 15 is 0 Å². The fraction of sp³-hybridized carbons (Fsp3) is 0.471. The fourth-order valence-electron chi connectivity index (χ4n) is 3.15. The lowest BCUT2D eigenvalue weighted by atomic mass is 9.94. The van der Waals surface area contributed by atoms with Gasteiger partial charge in [0.25, 0.3) is 0 Å². The van der Waals surface area contributed by atoms with Crippen molar-refractivity contribution in [2.75, 3.05) is 25.1 Å². The zero-order valence-electron chi connectivity index (χ0n) is 12.6. The maximum atomic E-state index is 6.46. The summed E-state index contributed by atoms with van der Waals surface area (Å²) < 4.78 is 5.35. The minimum Gasteiger partial charge on any atom is -0.497 e. The molecule has 0 bridgehead atoms. The van der Waals surface area contributed by atoms with Crippen LogP contribution in [0.4, 0.5) is 5.69 Å². The number of hydrogen-bond acceptors (Lipinski definition) is 3. The number of hydrogen-bond donors (Lipinski definition) is 0. The van der Waals surface area contributed by atoms with Crippen molar-refractivity contribution >= 4 is 28.2 Å². The van der Waals surface area contributed by atoms with Crippen LogP contribution < -0.4 is 9.64 Å². The molecule has 1 aromatic heterocycles. The van der Waals surface area contributed by atoms with E-state index in [0.29, 0.717) is 0 Å². The van der Waals surface area contributed by atoms with Crippen LogP contribution in [0, 0.1) is 5.92 Å². The maximum absolute atomic E-state index is 6.46. The molecule has 1 aliphatic rings. The number of aromatic nitrogens is 1. The van der Waals surface area contributed by atoms with E-state index in [-0.39, 0.29) is 0 Å². The van der Waals surface area contributed by atoms with Crippen LogP contribution in [0.15, 0.2) is 24.4 Å². The molecule has 1 aromatic carbocycles. The van der Waals surface area contributed by atoms with Gasteiger partial charge in [-0.1, -0.05) is 24.9 Å². The Bertz CT molecular complexity index is 636. The molecule has 3 rings (SSSR count). The second-order valence-corrected chi connectivity index (χ2v) is 6.08. The second-order valence-electron chi connectivity index (χ2n) is 5.68. The van der Waals surface area contributed by atoms with E-state index in [1.54, 1.807) is 13.3 Å². The first-order chi connectivity index (χ1) is 10.2. The van der Waals surface area contributed by atoms with Crippen LogP contribution in [0.1, 0.15) is 26.2 Å². The highest BCUT2D eigenvalue weighted by Crippen LogP contribution is 2.37. The molecule has 3 nitrogen and oxygen atoms in total. The molecule has 0 amide bonds. The normalized spacial score (nSPS) is 16.4. The van der Waals surface area contributed by atoms with Crippen LogP contribution in [0.5, 0.6) is 5.75 Å². The van der Waals surface area contributed by atoms with Crippen molar-refractivity contribution < 1.29 is 4.74 Å². The summed E-state index contributed by atoms with van der Waals surface area (Å²) in [7, 11) is 1.69. The van der Waals surface area contributed by atoms with Crippen LogP contribution in [-0.2, 0) is 0 Å². The summed E-state index contributed by atoms with van der Waals surface area (Å²) in [5, 5.41) is 1.81. The summed E-state index contributed by atoms with van der Waals surface area (Å²) in [4.78, 5) is 6.83. The Morgan fingerprint density at radius 3 is 2.76 bits per heavy atom. The molecule has 4 heteroatoms. The third-order valence-corrected chi connectivity index (χ3v) is 4.79. The van der Waals surface area contributed by atoms with Gasteiger partial charge in [0.2, 0.25) is 0 Å². The summed E-state index contributed by atoms with van der Waals surface area (Å²) in [6, 6.07) is 5.97. The highest BCUT2D eigenvalue weighted by molar-refractivity contribution is 6.34. The van der Waals surface area contributed by atoms with Crippen molar-refractivity contribution in [3.63, 3.8) is 0 Å². The molecule has 2 heterocycles. The topological polar surface area (TPSA) is 25.4 Å². The lowest BCUT2D eigenvalue weighted by Crippen LogP contribution is -2.33. The predicted octanol–water partition coefficient (Wildman–Crippen LogP) is 4.52. The second kappa shape index (κ2) is 6.10. The van der Waals surface area contributed by atoms with E-state index in [2.05, 4.69) is 16.8 Å². The minimum absolute atomic E-state index is 0.728. The monoisotopic (exact) mass is 304 g/mol. The van der Waals surface area contributed by atoms with Gasteiger partial charge in [0.05, 0.1) is 23.3 Å². The van der Waals surface area contributed by atoms with Crippen LogP contribution in [0.3, 0.4) is 0 Å². The Balaban J connectivity index is 2.02.